The molecule has 0 amide bonds. The zero-order valence-electron chi connectivity index (χ0n) is 24.3. The molecule has 0 aliphatic heterocycles. The molecule has 0 fully saturated rings. The molecule has 2 aromatic heterocycles. The average molecular weight is 595 g/mol. The predicted molar refractivity (Wildman–Crippen MR) is 190 cm³/mol. The number of imidazole rings is 1. The fourth-order valence-electron chi connectivity index (χ4n) is 6.99. The summed E-state index contributed by atoms with van der Waals surface area (Å²) in [6.07, 6.45) is 0. The van der Waals surface area contributed by atoms with Gasteiger partial charge in [0.2, 0.25) is 0 Å². The van der Waals surface area contributed by atoms with Crippen LogP contribution in [0.5, 0.6) is 0 Å². The van der Waals surface area contributed by atoms with Gasteiger partial charge in [-0.2, -0.15) is 0 Å². The van der Waals surface area contributed by atoms with Crippen molar-refractivity contribution < 1.29 is 4.57 Å². The third-order valence-electron chi connectivity index (χ3n) is 9.02. The number of benzene rings is 7. The Bertz CT molecular complexity index is 2580. The van der Waals surface area contributed by atoms with E-state index in [4.69, 9.17) is 4.98 Å². The zero-order valence-corrected chi connectivity index (χ0v) is 25.2. The van der Waals surface area contributed by atoms with Gasteiger partial charge < -0.3 is 4.57 Å². The molecule has 0 N–H and O–H groups in total. The molecule has 9 aromatic rings. The highest BCUT2D eigenvalue weighted by Crippen LogP contribution is 2.48. The molecule has 7 aromatic carbocycles. The van der Waals surface area contributed by atoms with Crippen molar-refractivity contribution in [3.63, 3.8) is 0 Å². The Balaban J connectivity index is 1.41. The summed E-state index contributed by atoms with van der Waals surface area (Å²) in [5.74, 6) is 0. The summed E-state index contributed by atoms with van der Waals surface area (Å²) in [6.45, 7) is 0. The van der Waals surface area contributed by atoms with Gasteiger partial charge >= 0.3 is 0 Å². The van der Waals surface area contributed by atoms with Crippen LogP contribution in [0.1, 0.15) is 0 Å². The molecule has 0 unspecified atom stereocenters. The number of para-hydroxylation sites is 1. The normalized spacial score (nSPS) is 12.1. The highest BCUT2D eigenvalue weighted by molar-refractivity contribution is 7.86. The van der Waals surface area contributed by atoms with Gasteiger partial charge in [0.25, 0.3) is 0 Å². The van der Waals surface area contributed by atoms with Gasteiger partial charge in [-0.25, -0.2) is 4.98 Å². The summed E-state index contributed by atoms with van der Waals surface area (Å²) >= 11 is 0. The molecule has 0 aliphatic rings. The summed E-state index contributed by atoms with van der Waals surface area (Å²) in [6, 6.07) is 56.0. The van der Waals surface area contributed by atoms with Crippen LogP contribution < -0.4 is 15.9 Å². The Labute approximate surface area is 260 Å². The molecule has 0 radical (unpaired) electrons. The first-order chi connectivity index (χ1) is 22.2. The maximum Gasteiger partial charge on any atom is 0.172 e. The van der Waals surface area contributed by atoms with Gasteiger partial charge in [0.05, 0.1) is 16.6 Å². The Kier molecular flexibility index (Phi) is 5.78. The van der Waals surface area contributed by atoms with Gasteiger partial charge in [-0.15, -0.1) is 0 Å². The van der Waals surface area contributed by atoms with Crippen molar-refractivity contribution in [3.8, 4) is 11.1 Å². The van der Waals surface area contributed by atoms with Crippen molar-refractivity contribution in [2.75, 3.05) is 0 Å². The third kappa shape index (κ3) is 3.84. The average Bonchev–Trinajstić information content (AvgIpc) is 3.51. The number of pyridine rings is 1. The fraction of sp³-hybridized carbons (Fsp3) is 0. The molecule has 3 nitrogen and oxygen atoms in total. The number of rotatable bonds is 4. The van der Waals surface area contributed by atoms with Gasteiger partial charge in [-0.3, -0.25) is 4.40 Å². The lowest BCUT2D eigenvalue weighted by molar-refractivity contribution is 0.592. The summed E-state index contributed by atoms with van der Waals surface area (Å²) < 4.78 is 18.2. The van der Waals surface area contributed by atoms with Crippen LogP contribution in [0.4, 0.5) is 0 Å². The Hall–Kier alpha value is -5.50. The summed E-state index contributed by atoms with van der Waals surface area (Å²) in [5.41, 5.74) is 5.98. The van der Waals surface area contributed by atoms with E-state index < -0.39 is 7.14 Å². The lowest BCUT2D eigenvalue weighted by Gasteiger charge is -2.25. The van der Waals surface area contributed by atoms with Crippen molar-refractivity contribution in [2.24, 2.45) is 0 Å². The van der Waals surface area contributed by atoms with Crippen LogP contribution in [-0.4, -0.2) is 9.38 Å². The first-order valence-corrected chi connectivity index (χ1v) is 16.9. The van der Waals surface area contributed by atoms with Crippen LogP contribution in [-0.2, 0) is 4.57 Å². The number of fused-ring (bicyclic) bond motifs is 9. The number of hydrogen-bond donors (Lipinski definition) is 0. The van der Waals surface area contributed by atoms with E-state index in [9.17, 15) is 0 Å². The van der Waals surface area contributed by atoms with Gasteiger partial charge in [0.15, 0.2) is 7.14 Å². The second-order valence-corrected chi connectivity index (χ2v) is 14.2. The maximum absolute atomic E-state index is 16.0. The van der Waals surface area contributed by atoms with E-state index in [1.165, 1.54) is 10.8 Å². The zero-order chi connectivity index (χ0) is 30.0. The molecule has 0 atom stereocenters. The standard InChI is InChI=1S/C41H27N2OP/c44-45(30-14-3-1-4-15-30,31-16-5-2-6-17-31)40-32-18-8-7-13-28(32)23-25-33(40)29-24-26-37-39(27-29)43-38-22-12-11-20-35(38)34-19-9-10-21-36(34)41(43)42-37/h1-27H. The third-order valence-corrected chi connectivity index (χ3v) is 12.2. The van der Waals surface area contributed by atoms with Crippen LogP contribution in [0.25, 0.3) is 60.3 Å². The van der Waals surface area contributed by atoms with Crippen molar-refractivity contribution in [1.29, 1.82) is 0 Å². The Morgan fingerprint density at radius 3 is 1.82 bits per heavy atom. The topological polar surface area (TPSA) is 34.4 Å². The van der Waals surface area contributed by atoms with E-state index in [2.05, 4.69) is 95.4 Å². The molecular formula is C41H27N2OP. The molecule has 212 valence electrons. The fourth-order valence-corrected chi connectivity index (χ4v) is 10.1. The lowest BCUT2D eigenvalue weighted by atomic mass is 10.0. The molecule has 0 bridgehead atoms. The molecule has 45 heavy (non-hydrogen) atoms. The number of aromatic nitrogens is 2. The predicted octanol–water partition coefficient (Wildman–Crippen LogP) is 9.25. The van der Waals surface area contributed by atoms with Crippen molar-refractivity contribution in [2.45, 2.75) is 0 Å². The Morgan fingerprint density at radius 2 is 1.09 bits per heavy atom. The molecule has 4 heteroatoms. The van der Waals surface area contributed by atoms with Gasteiger partial charge in [0, 0.05) is 26.7 Å². The highest BCUT2D eigenvalue weighted by Gasteiger charge is 2.34. The van der Waals surface area contributed by atoms with Crippen LogP contribution >= 0.6 is 7.14 Å². The molecule has 0 saturated heterocycles. The second-order valence-electron chi connectivity index (χ2n) is 11.5. The molecule has 0 saturated carbocycles. The van der Waals surface area contributed by atoms with Crippen LogP contribution in [0, 0.1) is 0 Å². The first kappa shape index (κ1) is 25.9. The molecule has 0 spiro atoms. The second kappa shape index (κ2) is 10.0. The monoisotopic (exact) mass is 594 g/mol. The quantitative estimate of drug-likeness (QED) is 0.150. The lowest BCUT2D eigenvalue weighted by Crippen LogP contribution is -2.27. The molecule has 0 aliphatic carbocycles. The van der Waals surface area contributed by atoms with Crippen molar-refractivity contribution >= 4 is 72.2 Å². The van der Waals surface area contributed by atoms with E-state index in [1.54, 1.807) is 0 Å². The van der Waals surface area contributed by atoms with E-state index >= 15 is 4.57 Å². The highest BCUT2D eigenvalue weighted by atomic mass is 31.2. The minimum absolute atomic E-state index is 0.821. The van der Waals surface area contributed by atoms with E-state index in [0.717, 1.165) is 65.4 Å². The summed E-state index contributed by atoms with van der Waals surface area (Å²) in [5, 5.41) is 8.08. The number of nitrogens with zero attached hydrogens (tertiary/aromatic N) is 2. The molecule has 9 rings (SSSR count). The largest absolute Gasteiger partial charge is 0.309 e. The van der Waals surface area contributed by atoms with Gasteiger partial charge in [-0.05, 0) is 45.5 Å². The SMILES string of the molecule is O=P(c1ccccc1)(c1ccccc1)c1c(-c2ccc3nc4c5ccccc5c5ccccc5n4c3c2)ccc2ccccc12. The van der Waals surface area contributed by atoms with Gasteiger partial charge in [-0.1, -0.05) is 146 Å². The van der Waals surface area contributed by atoms with E-state index in [0.29, 0.717) is 0 Å². The van der Waals surface area contributed by atoms with Gasteiger partial charge in [0.1, 0.15) is 5.65 Å². The van der Waals surface area contributed by atoms with E-state index in [-0.39, 0.29) is 0 Å². The van der Waals surface area contributed by atoms with Crippen molar-refractivity contribution in [3.05, 3.63) is 164 Å². The smallest absolute Gasteiger partial charge is 0.172 e. The van der Waals surface area contributed by atoms with E-state index in [1.807, 2.05) is 72.8 Å². The minimum Gasteiger partial charge on any atom is -0.309 e. The molecule has 2 heterocycles. The van der Waals surface area contributed by atoms with Crippen LogP contribution in [0.3, 0.4) is 0 Å². The number of hydrogen-bond acceptors (Lipinski definition) is 2. The summed E-state index contributed by atoms with van der Waals surface area (Å²) in [7, 11) is -3.31. The molecular weight excluding hydrogens is 567 g/mol. The maximum atomic E-state index is 16.0. The van der Waals surface area contributed by atoms with Crippen molar-refractivity contribution in [1.82, 2.24) is 9.38 Å². The minimum atomic E-state index is -3.31. The first-order valence-electron chi connectivity index (χ1n) is 15.2. The Morgan fingerprint density at radius 1 is 0.489 bits per heavy atom. The van der Waals surface area contributed by atoms with Crippen LogP contribution in [0.15, 0.2) is 164 Å². The van der Waals surface area contributed by atoms with Crippen LogP contribution in [0.2, 0.25) is 0 Å². The summed E-state index contributed by atoms with van der Waals surface area (Å²) in [4.78, 5) is 5.15.